The van der Waals surface area contributed by atoms with Crippen molar-refractivity contribution in [1.82, 2.24) is 15.3 Å². The second-order valence-corrected chi connectivity index (χ2v) is 4.41. The number of rotatable bonds is 3. The molecule has 1 atom stereocenters. The van der Waals surface area contributed by atoms with Crippen molar-refractivity contribution in [1.29, 1.82) is 0 Å². The van der Waals surface area contributed by atoms with Crippen LogP contribution in [0.3, 0.4) is 0 Å². The Morgan fingerprint density at radius 2 is 2.14 bits per heavy atom. The molecule has 0 aliphatic rings. The molecule has 1 aromatic heterocycles. The smallest absolute Gasteiger partial charge is 0.254 e. The van der Waals surface area contributed by atoms with Crippen molar-refractivity contribution in [3.8, 4) is 11.8 Å². The van der Waals surface area contributed by atoms with Gasteiger partial charge in [0, 0.05) is 18.0 Å². The van der Waals surface area contributed by atoms with E-state index in [4.69, 9.17) is 5.11 Å². The Morgan fingerprint density at radius 1 is 1.38 bits per heavy atom. The van der Waals surface area contributed by atoms with E-state index >= 15 is 0 Å². The van der Waals surface area contributed by atoms with Crippen LogP contribution < -0.4 is 5.32 Å². The number of hydrogen-bond acceptors (Lipinski definition) is 4. The molecule has 1 amide bonds. The third-order valence-electron chi connectivity index (χ3n) is 2.87. The first-order valence-electron chi connectivity index (χ1n) is 6.46. The zero-order valence-corrected chi connectivity index (χ0v) is 11.6. The maximum absolute atomic E-state index is 12.0. The molecule has 1 aromatic carbocycles. The number of hydrogen-bond donors (Lipinski definition) is 2. The summed E-state index contributed by atoms with van der Waals surface area (Å²) in [5.41, 5.74) is 2.15. The predicted octanol–water partition coefficient (Wildman–Crippen LogP) is 1.31. The highest BCUT2D eigenvalue weighted by molar-refractivity contribution is 5.93. The Balaban J connectivity index is 2.10. The molecule has 1 heterocycles. The van der Waals surface area contributed by atoms with Gasteiger partial charge in [0.2, 0.25) is 0 Å². The zero-order valence-electron chi connectivity index (χ0n) is 11.6. The lowest BCUT2D eigenvalue weighted by Gasteiger charge is -2.14. The summed E-state index contributed by atoms with van der Waals surface area (Å²) in [7, 11) is 0. The molecular formula is C16H15N3O2. The highest BCUT2D eigenvalue weighted by Gasteiger charge is 2.11. The molecule has 5 nitrogen and oxygen atoms in total. The van der Waals surface area contributed by atoms with Crippen LogP contribution in [0.4, 0.5) is 0 Å². The summed E-state index contributed by atoms with van der Waals surface area (Å²) in [6.45, 7) is 1.71. The summed E-state index contributed by atoms with van der Waals surface area (Å²) in [4.78, 5) is 19.7. The van der Waals surface area contributed by atoms with Gasteiger partial charge in [-0.05, 0) is 24.6 Å². The molecule has 5 heteroatoms. The van der Waals surface area contributed by atoms with Gasteiger partial charge in [-0.25, -0.2) is 9.97 Å². The summed E-state index contributed by atoms with van der Waals surface area (Å²) in [5.74, 6) is 5.21. The van der Waals surface area contributed by atoms with Crippen LogP contribution in [-0.2, 0) is 0 Å². The average molecular weight is 281 g/mol. The summed E-state index contributed by atoms with van der Waals surface area (Å²) in [5, 5.41) is 11.6. The Kier molecular flexibility index (Phi) is 5.02. The van der Waals surface area contributed by atoms with Crippen LogP contribution in [0.5, 0.6) is 0 Å². The predicted molar refractivity (Wildman–Crippen MR) is 78.3 cm³/mol. The number of aliphatic hydroxyl groups is 1. The molecule has 21 heavy (non-hydrogen) atoms. The van der Waals surface area contributed by atoms with Crippen LogP contribution in [0.25, 0.3) is 0 Å². The number of benzene rings is 1. The summed E-state index contributed by atoms with van der Waals surface area (Å²) >= 11 is 0. The van der Waals surface area contributed by atoms with Crippen LogP contribution in [0.1, 0.15) is 34.5 Å². The van der Waals surface area contributed by atoms with Crippen molar-refractivity contribution >= 4 is 5.91 Å². The Labute approximate surface area is 123 Å². The van der Waals surface area contributed by atoms with Gasteiger partial charge in [0.1, 0.15) is 12.9 Å². The van der Waals surface area contributed by atoms with Crippen molar-refractivity contribution in [2.24, 2.45) is 0 Å². The SMILES string of the molecule is CC(NC(=O)c1cncnc1)c1cccc(C#CCO)c1. The zero-order chi connectivity index (χ0) is 15.1. The normalized spacial score (nSPS) is 11.1. The Morgan fingerprint density at radius 3 is 2.86 bits per heavy atom. The van der Waals surface area contributed by atoms with Crippen molar-refractivity contribution in [3.05, 3.63) is 59.7 Å². The van der Waals surface area contributed by atoms with Crippen LogP contribution in [0.2, 0.25) is 0 Å². The number of nitrogens with zero attached hydrogens (tertiary/aromatic N) is 2. The number of amides is 1. The van der Waals surface area contributed by atoms with E-state index in [0.29, 0.717) is 5.56 Å². The standard InChI is InChI=1S/C16H15N3O2/c1-12(19-16(21)15-9-17-11-18-10-15)14-6-2-4-13(8-14)5-3-7-20/h2,4,6,8-12,20H,7H2,1H3,(H,19,21). The number of carbonyl (C=O) groups is 1. The molecule has 2 aromatic rings. The first-order valence-corrected chi connectivity index (χ1v) is 6.46. The second-order valence-electron chi connectivity index (χ2n) is 4.41. The summed E-state index contributed by atoms with van der Waals surface area (Å²) < 4.78 is 0. The molecule has 0 aliphatic carbocycles. The Hall–Kier alpha value is -2.71. The Bertz CT molecular complexity index is 675. The molecule has 0 saturated carbocycles. The van der Waals surface area contributed by atoms with Gasteiger partial charge in [-0.2, -0.15) is 0 Å². The molecule has 0 radical (unpaired) electrons. The molecule has 2 rings (SSSR count). The van der Waals surface area contributed by atoms with Gasteiger partial charge >= 0.3 is 0 Å². The lowest BCUT2D eigenvalue weighted by Crippen LogP contribution is -2.26. The van der Waals surface area contributed by atoms with E-state index < -0.39 is 0 Å². The van der Waals surface area contributed by atoms with Gasteiger partial charge in [0.05, 0.1) is 11.6 Å². The van der Waals surface area contributed by atoms with E-state index in [-0.39, 0.29) is 18.6 Å². The molecular weight excluding hydrogens is 266 g/mol. The molecule has 0 spiro atoms. The van der Waals surface area contributed by atoms with Crippen molar-refractivity contribution < 1.29 is 9.90 Å². The monoisotopic (exact) mass is 281 g/mol. The van der Waals surface area contributed by atoms with E-state index in [0.717, 1.165) is 11.1 Å². The molecule has 1 unspecified atom stereocenters. The van der Waals surface area contributed by atoms with Crippen LogP contribution in [0.15, 0.2) is 43.0 Å². The quantitative estimate of drug-likeness (QED) is 0.832. The second kappa shape index (κ2) is 7.17. The largest absolute Gasteiger partial charge is 0.384 e. The molecule has 106 valence electrons. The van der Waals surface area contributed by atoms with Crippen molar-refractivity contribution in [3.63, 3.8) is 0 Å². The van der Waals surface area contributed by atoms with Gasteiger partial charge < -0.3 is 10.4 Å². The lowest BCUT2D eigenvalue weighted by molar-refractivity contribution is 0.0939. The van der Waals surface area contributed by atoms with E-state index in [2.05, 4.69) is 27.1 Å². The fraction of sp³-hybridized carbons (Fsp3) is 0.188. The van der Waals surface area contributed by atoms with E-state index in [1.807, 2.05) is 31.2 Å². The minimum Gasteiger partial charge on any atom is -0.384 e. The van der Waals surface area contributed by atoms with Crippen LogP contribution in [0, 0.1) is 11.8 Å². The van der Waals surface area contributed by atoms with Crippen molar-refractivity contribution in [2.75, 3.05) is 6.61 Å². The molecule has 0 bridgehead atoms. The van der Waals surface area contributed by atoms with Crippen LogP contribution >= 0.6 is 0 Å². The minimum absolute atomic E-state index is 0.173. The summed E-state index contributed by atoms with van der Waals surface area (Å²) in [6.07, 6.45) is 4.32. The van der Waals surface area contributed by atoms with Crippen molar-refractivity contribution in [2.45, 2.75) is 13.0 Å². The minimum atomic E-state index is -0.227. The lowest BCUT2D eigenvalue weighted by atomic mass is 10.0. The third kappa shape index (κ3) is 4.13. The fourth-order valence-electron chi connectivity index (χ4n) is 1.81. The molecule has 2 N–H and O–H groups in total. The number of carbonyl (C=O) groups excluding carboxylic acids is 1. The first kappa shape index (κ1) is 14.7. The van der Waals surface area contributed by atoms with E-state index in [9.17, 15) is 4.79 Å². The number of aromatic nitrogens is 2. The van der Waals surface area contributed by atoms with E-state index in [1.54, 1.807) is 0 Å². The number of nitrogens with one attached hydrogen (secondary N) is 1. The topological polar surface area (TPSA) is 75.1 Å². The molecule has 0 fully saturated rings. The van der Waals surface area contributed by atoms with Gasteiger partial charge in [-0.3, -0.25) is 4.79 Å². The first-order chi connectivity index (χ1) is 10.2. The highest BCUT2D eigenvalue weighted by Crippen LogP contribution is 2.14. The van der Waals surface area contributed by atoms with E-state index in [1.165, 1.54) is 18.7 Å². The van der Waals surface area contributed by atoms with Gasteiger partial charge in [0.15, 0.2) is 0 Å². The number of aliphatic hydroxyl groups excluding tert-OH is 1. The average Bonchev–Trinajstić information content (AvgIpc) is 2.54. The van der Waals surface area contributed by atoms with Crippen LogP contribution in [-0.4, -0.2) is 27.6 Å². The molecule has 0 saturated heterocycles. The molecule has 0 aliphatic heterocycles. The fourth-order valence-corrected chi connectivity index (χ4v) is 1.81. The van der Waals surface area contributed by atoms with Gasteiger partial charge in [-0.15, -0.1) is 0 Å². The highest BCUT2D eigenvalue weighted by atomic mass is 16.2. The summed E-state index contributed by atoms with van der Waals surface area (Å²) in [6, 6.07) is 7.34. The maximum atomic E-state index is 12.0. The van der Waals surface area contributed by atoms with Gasteiger partial charge in [-0.1, -0.05) is 24.0 Å². The maximum Gasteiger partial charge on any atom is 0.254 e. The third-order valence-corrected chi connectivity index (χ3v) is 2.87. The van der Waals surface area contributed by atoms with Gasteiger partial charge in [0.25, 0.3) is 5.91 Å².